The van der Waals surface area contributed by atoms with Crippen molar-refractivity contribution in [1.82, 2.24) is 14.8 Å². The number of nitrogens with zero attached hydrogens (tertiary/aromatic N) is 3. The molecule has 0 radical (unpaired) electrons. The van der Waals surface area contributed by atoms with E-state index < -0.39 is 6.04 Å². The molecule has 0 spiro atoms. The fourth-order valence-corrected chi connectivity index (χ4v) is 4.75. The zero-order valence-electron chi connectivity index (χ0n) is 19.0. The monoisotopic (exact) mass is 478 g/mol. The first-order chi connectivity index (χ1) is 16.6. The van der Waals surface area contributed by atoms with Crippen molar-refractivity contribution in [2.24, 2.45) is 0 Å². The van der Waals surface area contributed by atoms with Crippen molar-refractivity contribution in [3.8, 4) is 5.75 Å². The first kappa shape index (κ1) is 22.5. The molecule has 7 nitrogen and oxygen atoms in total. The van der Waals surface area contributed by atoms with Gasteiger partial charge in [-0.1, -0.05) is 48.4 Å². The topological polar surface area (TPSA) is 78.3 Å². The van der Waals surface area contributed by atoms with Gasteiger partial charge in [-0.3, -0.25) is 0 Å². The summed E-state index contributed by atoms with van der Waals surface area (Å²) in [5, 5.41) is 8.31. The van der Waals surface area contributed by atoms with E-state index in [-0.39, 0.29) is 12.1 Å². The number of allylic oxidation sites excluding steroid dienone is 1. The minimum atomic E-state index is -0.517. The number of benzene rings is 2. The number of fused-ring (bicyclic) bond motifs is 1. The van der Waals surface area contributed by atoms with E-state index in [2.05, 4.69) is 15.4 Å². The summed E-state index contributed by atoms with van der Waals surface area (Å²) in [6.07, 6.45) is 6.63. The fourth-order valence-electron chi connectivity index (χ4n) is 4.62. The molecule has 0 saturated heterocycles. The summed E-state index contributed by atoms with van der Waals surface area (Å²) >= 11 is 6.01. The Bertz CT molecular complexity index is 1200. The number of para-hydroxylation sites is 1. The van der Waals surface area contributed by atoms with Gasteiger partial charge in [-0.25, -0.2) is 9.48 Å². The van der Waals surface area contributed by atoms with Crippen LogP contribution in [0, 0.1) is 0 Å². The summed E-state index contributed by atoms with van der Waals surface area (Å²) < 4.78 is 13.9. The second-order valence-corrected chi connectivity index (χ2v) is 9.15. The molecule has 3 aromatic rings. The maximum Gasteiger partial charge on any atom is 0.338 e. The second kappa shape index (κ2) is 9.89. The molecule has 2 aromatic carbocycles. The van der Waals surface area contributed by atoms with Gasteiger partial charge in [-0.15, -0.1) is 0 Å². The van der Waals surface area contributed by atoms with Gasteiger partial charge in [0.05, 0.1) is 5.57 Å². The molecule has 176 valence electrons. The summed E-state index contributed by atoms with van der Waals surface area (Å²) in [5.74, 6) is 0.918. The third-order valence-electron chi connectivity index (χ3n) is 6.36. The quantitative estimate of drug-likeness (QED) is 0.459. The molecule has 5 rings (SSSR count). The summed E-state index contributed by atoms with van der Waals surface area (Å²) in [5.41, 5.74) is 3.04. The van der Waals surface area contributed by atoms with Gasteiger partial charge in [0, 0.05) is 16.3 Å². The summed E-state index contributed by atoms with van der Waals surface area (Å²) in [6.45, 7) is 2.24. The van der Waals surface area contributed by atoms with Gasteiger partial charge < -0.3 is 14.8 Å². The lowest BCUT2D eigenvalue weighted by atomic mass is 9.94. The molecule has 1 saturated carbocycles. The second-order valence-electron chi connectivity index (χ2n) is 8.71. The maximum absolute atomic E-state index is 13.5. The highest BCUT2D eigenvalue weighted by atomic mass is 35.5. The van der Waals surface area contributed by atoms with Crippen molar-refractivity contribution < 1.29 is 14.3 Å². The van der Waals surface area contributed by atoms with Crippen LogP contribution in [0.4, 0.5) is 5.95 Å². The van der Waals surface area contributed by atoms with Crippen LogP contribution < -0.4 is 10.1 Å². The van der Waals surface area contributed by atoms with Crippen LogP contribution >= 0.6 is 11.6 Å². The van der Waals surface area contributed by atoms with Gasteiger partial charge in [-0.2, -0.15) is 10.1 Å². The van der Waals surface area contributed by atoms with Gasteiger partial charge >= 0.3 is 5.97 Å². The molecule has 0 amide bonds. The van der Waals surface area contributed by atoms with Crippen molar-refractivity contribution >= 4 is 23.5 Å². The first-order valence-electron chi connectivity index (χ1n) is 11.6. The van der Waals surface area contributed by atoms with Crippen LogP contribution in [0.15, 0.2) is 66.1 Å². The zero-order chi connectivity index (χ0) is 23.5. The highest BCUT2D eigenvalue weighted by molar-refractivity contribution is 6.30. The van der Waals surface area contributed by atoms with Gasteiger partial charge in [0.2, 0.25) is 5.95 Å². The van der Waals surface area contributed by atoms with Crippen LogP contribution in [-0.2, 0) is 16.1 Å². The zero-order valence-corrected chi connectivity index (χ0v) is 19.8. The third kappa shape index (κ3) is 4.66. The smallest absolute Gasteiger partial charge is 0.338 e. The van der Waals surface area contributed by atoms with E-state index in [1.165, 1.54) is 12.7 Å². The minimum Gasteiger partial charge on any atom is -0.489 e. The average molecular weight is 479 g/mol. The molecule has 8 heteroatoms. The van der Waals surface area contributed by atoms with Gasteiger partial charge in [-0.05, 0) is 56.4 Å². The van der Waals surface area contributed by atoms with E-state index in [4.69, 9.17) is 21.1 Å². The van der Waals surface area contributed by atoms with Gasteiger partial charge in [0.1, 0.15) is 30.8 Å². The summed E-state index contributed by atoms with van der Waals surface area (Å²) in [4.78, 5) is 17.8. The third-order valence-corrected chi connectivity index (χ3v) is 6.61. The lowest BCUT2D eigenvalue weighted by Gasteiger charge is -2.31. The molecular weight excluding hydrogens is 452 g/mol. The van der Waals surface area contributed by atoms with Crippen LogP contribution in [-0.4, -0.2) is 26.8 Å². The Balaban J connectivity index is 1.47. The Morgan fingerprint density at radius 2 is 1.88 bits per heavy atom. The minimum absolute atomic E-state index is 0.0456. The number of anilines is 1. The van der Waals surface area contributed by atoms with Crippen molar-refractivity contribution in [3.05, 3.63) is 82.3 Å². The number of aromatic nitrogens is 3. The number of rotatable bonds is 6. The summed E-state index contributed by atoms with van der Waals surface area (Å²) in [6, 6.07) is 14.7. The molecule has 1 N–H and O–H groups in total. The molecule has 1 aromatic heterocycles. The number of hydrogen-bond donors (Lipinski definition) is 1. The molecule has 34 heavy (non-hydrogen) atoms. The van der Waals surface area contributed by atoms with Gasteiger partial charge in [0.15, 0.2) is 0 Å². The standard InChI is InChI=1S/C26H27ClN4O3/c1-17-23(25(32)34-20-7-3-2-4-8-20)24(31-26(30-17)28-16-29-31)21-9-5-6-10-22(21)33-15-18-11-13-19(27)14-12-18/h5-6,9-14,16,20,24H,2-4,7-8,15H2,1H3,(H,28,29,30). The Hall–Kier alpha value is -3.32. The van der Waals surface area contributed by atoms with Crippen molar-refractivity contribution in [1.29, 1.82) is 0 Å². The predicted molar refractivity (Wildman–Crippen MR) is 130 cm³/mol. The van der Waals surface area contributed by atoms with E-state index in [1.807, 2.05) is 55.5 Å². The van der Waals surface area contributed by atoms with Gasteiger partial charge in [0.25, 0.3) is 0 Å². The SMILES string of the molecule is CC1=C(C(=O)OC2CCCCC2)C(c2ccccc2OCc2ccc(Cl)cc2)n2ncnc2N1. The average Bonchev–Trinajstić information content (AvgIpc) is 3.32. The molecule has 2 heterocycles. The highest BCUT2D eigenvalue weighted by Gasteiger charge is 2.37. The lowest BCUT2D eigenvalue weighted by Crippen LogP contribution is -2.32. The van der Waals surface area contributed by atoms with E-state index in [0.717, 1.165) is 36.8 Å². The number of carbonyl (C=O) groups excluding carboxylic acids is 1. The van der Waals surface area contributed by atoms with Crippen LogP contribution in [0.1, 0.15) is 56.2 Å². The molecule has 1 fully saturated rings. The molecule has 1 atom stereocenters. The summed E-state index contributed by atoms with van der Waals surface area (Å²) in [7, 11) is 0. The predicted octanol–water partition coefficient (Wildman–Crippen LogP) is 5.68. The Kier molecular flexibility index (Phi) is 6.54. The number of esters is 1. The van der Waals surface area contributed by atoms with Crippen LogP contribution in [0.2, 0.25) is 5.02 Å². The number of nitrogens with one attached hydrogen (secondary N) is 1. The van der Waals surface area contributed by atoms with Crippen molar-refractivity contribution in [2.45, 2.75) is 57.8 Å². The number of halogens is 1. The maximum atomic E-state index is 13.5. The lowest BCUT2D eigenvalue weighted by molar-refractivity contribution is -0.146. The molecule has 1 aliphatic carbocycles. The van der Waals surface area contributed by atoms with Crippen LogP contribution in [0.5, 0.6) is 5.75 Å². The van der Waals surface area contributed by atoms with Crippen molar-refractivity contribution in [2.75, 3.05) is 5.32 Å². The fraction of sp³-hybridized carbons (Fsp3) is 0.346. The normalized spacial score (nSPS) is 18.2. The number of carbonyl (C=O) groups is 1. The highest BCUT2D eigenvalue weighted by Crippen LogP contribution is 2.40. The molecular formula is C26H27ClN4O3. The van der Waals surface area contributed by atoms with E-state index in [1.54, 1.807) is 4.68 Å². The Morgan fingerprint density at radius 1 is 1.12 bits per heavy atom. The Labute approximate surface area is 203 Å². The molecule has 1 aliphatic heterocycles. The number of ether oxygens (including phenoxy) is 2. The Morgan fingerprint density at radius 3 is 2.68 bits per heavy atom. The largest absolute Gasteiger partial charge is 0.489 e. The number of hydrogen-bond acceptors (Lipinski definition) is 6. The molecule has 1 unspecified atom stereocenters. The van der Waals surface area contributed by atoms with E-state index >= 15 is 0 Å². The molecule has 0 bridgehead atoms. The van der Waals surface area contributed by atoms with Crippen LogP contribution in [0.3, 0.4) is 0 Å². The first-order valence-corrected chi connectivity index (χ1v) is 12.0. The van der Waals surface area contributed by atoms with Crippen LogP contribution in [0.25, 0.3) is 0 Å². The van der Waals surface area contributed by atoms with E-state index in [9.17, 15) is 4.79 Å². The van der Waals surface area contributed by atoms with E-state index in [0.29, 0.717) is 34.6 Å². The molecule has 2 aliphatic rings. The van der Waals surface area contributed by atoms with Crippen molar-refractivity contribution in [3.63, 3.8) is 0 Å².